The molecule has 0 heterocycles. The lowest BCUT2D eigenvalue weighted by molar-refractivity contribution is 0.101. The molecule has 21 heavy (non-hydrogen) atoms. The number of carbonyl (C=O) groups excluding carboxylic acids is 2. The van der Waals surface area contributed by atoms with Crippen molar-refractivity contribution in [1.82, 2.24) is 4.90 Å². The fourth-order valence-corrected chi connectivity index (χ4v) is 2.40. The molecule has 0 bridgehead atoms. The lowest BCUT2D eigenvalue weighted by Gasteiger charge is -2.37. The highest BCUT2D eigenvalue weighted by Gasteiger charge is 2.28. The normalized spacial score (nSPS) is 14.4. The van der Waals surface area contributed by atoms with Gasteiger partial charge in [0.2, 0.25) is 0 Å². The van der Waals surface area contributed by atoms with Gasteiger partial charge >= 0.3 is 6.03 Å². The first-order chi connectivity index (χ1) is 10.1. The molecule has 1 saturated carbocycles. The third kappa shape index (κ3) is 4.04. The molecule has 5 heteroatoms. The summed E-state index contributed by atoms with van der Waals surface area (Å²) in [5.41, 5.74) is 1.21. The second-order valence-electron chi connectivity index (χ2n) is 5.42. The Morgan fingerprint density at radius 3 is 2.71 bits per heavy atom. The SMILES string of the molecule is CC(=O)c1cccc(NC(=O)N(CCCO)C2CCC2)c1. The fraction of sp³-hybridized carbons (Fsp3) is 0.500. The molecule has 1 fully saturated rings. The van der Waals surface area contributed by atoms with Crippen LogP contribution in [0.2, 0.25) is 0 Å². The first kappa shape index (κ1) is 15.5. The van der Waals surface area contributed by atoms with Gasteiger partial charge in [0.25, 0.3) is 0 Å². The first-order valence-corrected chi connectivity index (χ1v) is 7.41. The maximum atomic E-state index is 12.4. The van der Waals surface area contributed by atoms with Crippen LogP contribution in [0.15, 0.2) is 24.3 Å². The summed E-state index contributed by atoms with van der Waals surface area (Å²) in [5.74, 6) is -0.0257. The molecule has 2 N–H and O–H groups in total. The molecule has 2 rings (SSSR count). The Balaban J connectivity index is 2.03. The highest BCUT2D eigenvalue weighted by atomic mass is 16.3. The number of amides is 2. The van der Waals surface area contributed by atoms with Gasteiger partial charge in [-0.05, 0) is 44.7 Å². The largest absolute Gasteiger partial charge is 0.396 e. The Kier molecular flexibility index (Phi) is 5.33. The van der Waals surface area contributed by atoms with Crippen molar-refractivity contribution in [3.8, 4) is 0 Å². The third-order valence-corrected chi connectivity index (χ3v) is 3.85. The summed E-state index contributed by atoms with van der Waals surface area (Å²) in [6.45, 7) is 2.14. The van der Waals surface area contributed by atoms with Gasteiger partial charge in [0.15, 0.2) is 5.78 Å². The van der Waals surface area contributed by atoms with Crippen LogP contribution in [0.5, 0.6) is 0 Å². The van der Waals surface area contributed by atoms with E-state index >= 15 is 0 Å². The molecule has 1 aliphatic carbocycles. The Labute approximate surface area is 125 Å². The van der Waals surface area contributed by atoms with Crippen LogP contribution in [0, 0.1) is 0 Å². The average molecular weight is 290 g/mol. The zero-order valence-electron chi connectivity index (χ0n) is 12.3. The smallest absolute Gasteiger partial charge is 0.322 e. The number of nitrogens with one attached hydrogen (secondary N) is 1. The third-order valence-electron chi connectivity index (χ3n) is 3.85. The molecular weight excluding hydrogens is 268 g/mol. The van der Waals surface area contributed by atoms with Crippen LogP contribution < -0.4 is 5.32 Å². The van der Waals surface area contributed by atoms with Crippen LogP contribution in [-0.2, 0) is 0 Å². The van der Waals surface area contributed by atoms with E-state index in [9.17, 15) is 9.59 Å². The number of carbonyl (C=O) groups is 2. The van der Waals surface area contributed by atoms with Gasteiger partial charge in [-0.3, -0.25) is 4.79 Å². The minimum atomic E-state index is -0.158. The standard InChI is InChI=1S/C16H22N2O3/c1-12(20)13-5-2-6-14(11-13)17-16(21)18(9-4-10-19)15-7-3-8-15/h2,5-6,11,15,19H,3-4,7-10H2,1H3,(H,17,21). The van der Waals surface area contributed by atoms with Gasteiger partial charge < -0.3 is 15.3 Å². The van der Waals surface area contributed by atoms with Gasteiger partial charge in [-0.15, -0.1) is 0 Å². The first-order valence-electron chi connectivity index (χ1n) is 7.41. The second kappa shape index (κ2) is 7.22. The van der Waals surface area contributed by atoms with Crippen molar-refractivity contribution in [2.45, 2.75) is 38.6 Å². The van der Waals surface area contributed by atoms with E-state index in [1.54, 1.807) is 29.2 Å². The number of hydrogen-bond acceptors (Lipinski definition) is 3. The number of nitrogens with zero attached hydrogens (tertiary/aromatic N) is 1. The quantitative estimate of drug-likeness (QED) is 0.791. The van der Waals surface area contributed by atoms with Crippen LogP contribution in [-0.4, -0.2) is 41.0 Å². The van der Waals surface area contributed by atoms with E-state index in [2.05, 4.69) is 5.32 Å². The summed E-state index contributed by atoms with van der Waals surface area (Å²) in [6, 6.07) is 7.06. The number of rotatable bonds is 6. The van der Waals surface area contributed by atoms with Crippen molar-refractivity contribution in [2.24, 2.45) is 0 Å². The maximum Gasteiger partial charge on any atom is 0.322 e. The monoisotopic (exact) mass is 290 g/mol. The van der Waals surface area contributed by atoms with Crippen molar-refractivity contribution in [1.29, 1.82) is 0 Å². The van der Waals surface area contributed by atoms with E-state index in [-0.39, 0.29) is 24.5 Å². The van der Waals surface area contributed by atoms with Crippen LogP contribution in [0.25, 0.3) is 0 Å². The molecule has 0 radical (unpaired) electrons. The molecule has 0 saturated heterocycles. The van der Waals surface area contributed by atoms with Gasteiger partial charge in [-0.2, -0.15) is 0 Å². The Bertz CT molecular complexity index is 512. The minimum Gasteiger partial charge on any atom is -0.396 e. The molecule has 2 amide bonds. The molecule has 1 aromatic rings. The van der Waals surface area contributed by atoms with Crippen molar-refractivity contribution < 1.29 is 14.7 Å². The predicted molar refractivity (Wildman–Crippen MR) is 81.5 cm³/mol. The van der Waals surface area contributed by atoms with E-state index in [0.717, 1.165) is 19.3 Å². The summed E-state index contributed by atoms with van der Waals surface area (Å²) in [4.78, 5) is 25.5. The van der Waals surface area contributed by atoms with Crippen LogP contribution in [0.1, 0.15) is 43.0 Å². The zero-order chi connectivity index (χ0) is 15.2. The fourth-order valence-electron chi connectivity index (χ4n) is 2.40. The number of anilines is 1. The van der Waals surface area contributed by atoms with Gasteiger partial charge in [0.05, 0.1) is 0 Å². The Morgan fingerprint density at radius 2 is 2.14 bits per heavy atom. The Morgan fingerprint density at radius 1 is 1.38 bits per heavy atom. The summed E-state index contributed by atoms with van der Waals surface area (Å²) < 4.78 is 0. The lowest BCUT2D eigenvalue weighted by Crippen LogP contribution is -2.47. The van der Waals surface area contributed by atoms with Crippen molar-refractivity contribution in [2.75, 3.05) is 18.5 Å². The number of aliphatic hydroxyl groups is 1. The van der Waals surface area contributed by atoms with E-state index in [0.29, 0.717) is 24.2 Å². The molecule has 0 atom stereocenters. The van der Waals surface area contributed by atoms with Gasteiger partial charge in [0.1, 0.15) is 0 Å². The molecule has 0 spiro atoms. The summed E-state index contributed by atoms with van der Waals surface area (Å²) in [7, 11) is 0. The molecule has 5 nitrogen and oxygen atoms in total. The minimum absolute atomic E-state index is 0.0257. The number of Topliss-reactive ketones (excluding diaryl/α,β-unsaturated/α-hetero) is 1. The highest BCUT2D eigenvalue weighted by molar-refractivity contribution is 5.96. The molecule has 114 valence electrons. The van der Waals surface area contributed by atoms with Crippen LogP contribution in [0.4, 0.5) is 10.5 Å². The van der Waals surface area contributed by atoms with E-state index in [1.807, 2.05) is 0 Å². The molecular formula is C16H22N2O3. The van der Waals surface area contributed by atoms with Crippen molar-refractivity contribution in [3.63, 3.8) is 0 Å². The summed E-state index contributed by atoms with van der Waals surface area (Å²) in [6.07, 6.45) is 3.77. The average Bonchev–Trinajstić information content (AvgIpc) is 2.41. The van der Waals surface area contributed by atoms with E-state index < -0.39 is 0 Å². The van der Waals surface area contributed by atoms with Crippen molar-refractivity contribution in [3.05, 3.63) is 29.8 Å². The van der Waals surface area contributed by atoms with E-state index in [1.165, 1.54) is 6.92 Å². The maximum absolute atomic E-state index is 12.4. The number of ketones is 1. The number of urea groups is 1. The molecule has 0 unspecified atom stereocenters. The zero-order valence-corrected chi connectivity index (χ0v) is 12.3. The van der Waals surface area contributed by atoms with Gasteiger partial charge in [0, 0.05) is 30.4 Å². The Hall–Kier alpha value is -1.88. The number of aliphatic hydroxyl groups excluding tert-OH is 1. The van der Waals surface area contributed by atoms with Gasteiger partial charge in [-0.1, -0.05) is 12.1 Å². The van der Waals surface area contributed by atoms with E-state index in [4.69, 9.17) is 5.11 Å². The topological polar surface area (TPSA) is 69.6 Å². The second-order valence-corrected chi connectivity index (χ2v) is 5.42. The van der Waals surface area contributed by atoms with Gasteiger partial charge in [-0.25, -0.2) is 4.79 Å². The summed E-state index contributed by atoms with van der Waals surface area (Å²) >= 11 is 0. The predicted octanol–water partition coefficient (Wildman–Crippen LogP) is 2.66. The summed E-state index contributed by atoms with van der Waals surface area (Å²) in [5, 5.41) is 11.8. The van der Waals surface area contributed by atoms with Crippen LogP contribution >= 0.6 is 0 Å². The lowest BCUT2D eigenvalue weighted by atomic mass is 9.91. The molecule has 0 aliphatic heterocycles. The number of benzene rings is 1. The molecule has 0 aromatic heterocycles. The van der Waals surface area contributed by atoms with Crippen LogP contribution in [0.3, 0.4) is 0 Å². The van der Waals surface area contributed by atoms with Crippen molar-refractivity contribution >= 4 is 17.5 Å². The highest BCUT2D eigenvalue weighted by Crippen LogP contribution is 2.25. The molecule has 1 aromatic carbocycles. The number of hydrogen-bond donors (Lipinski definition) is 2. The molecule has 1 aliphatic rings.